The molecule has 2 unspecified atom stereocenters. The number of amides is 1. The molecule has 0 aliphatic rings. The van der Waals surface area contributed by atoms with Crippen LogP contribution in [0.15, 0.2) is 24.3 Å². The number of hydrogen-bond acceptors (Lipinski definition) is 5. The van der Waals surface area contributed by atoms with Crippen molar-refractivity contribution in [1.29, 1.82) is 0 Å². The molecule has 0 rings (SSSR count). The number of carbonyl (C=O) groups excluding carboxylic acids is 2. The fourth-order valence-electron chi connectivity index (χ4n) is 9.87. The van der Waals surface area contributed by atoms with Gasteiger partial charge in [0.25, 0.3) is 0 Å². The van der Waals surface area contributed by atoms with Gasteiger partial charge in [-0.2, -0.15) is 0 Å². The predicted octanol–water partition coefficient (Wildman–Crippen LogP) is 19.8. The van der Waals surface area contributed by atoms with Gasteiger partial charge in [-0.15, -0.1) is 0 Å². The van der Waals surface area contributed by atoms with Gasteiger partial charge in [0.2, 0.25) is 5.91 Å². The smallest absolute Gasteiger partial charge is 0.305 e. The Hall–Kier alpha value is -1.66. The topological polar surface area (TPSA) is 95.9 Å². The lowest BCUT2D eigenvalue weighted by Crippen LogP contribution is -2.45. The van der Waals surface area contributed by atoms with E-state index in [9.17, 15) is 19.8 Å². The molecule has 0 saturated heterocycles. The number of rotatable bonds is 59. The monoisotopic (exact) mass is 986 g/mol. The van der Waals surface area contributed by atoms with Crippen LogP contribution in [-0.2, 0) is 14.3 Å². The van der Waals surface area contributed by atoms with Crippen LogP contribution in [0.3, 0.4) is 0 Å². The van der Waals surface area contributed by atoms with Gasteiger partial charge < -0.3 is 20.3 Å². The number of ether oxygens (including phenoxy) is 1. The minimum Gasteiger partial charge on any atom is -0.466 e. The van der Waals surface area contributed by atoms with Crippen LogP contribution in [0, 0.1) is 0 Å². The van der Waals surface area contributed by atoms with Gasteiger partial charge in [0.05, 0.1) is 25.4 Å². The summed E-state index contributed by atoms with van der Waals surface area (Å²) in [6.45, 7) is 4.92. The van der Waals surface area contributed by atoms with E-state index in [0.29, 0.717) is 19.4 Å². The van der Waals surface area contributed by atoms with Crippen molar-refractivity contribution in [3.63, 3.8) is 0 Å². The summed E-state index contributed by atoms with van der Waals surface area (Å²) in [5.41, 5.74) is 0. The molecule has 0 fully saturated rings. The molecular weight excluding hydrogens is 863 g/mol. The maximum Gasteiger partial charge on any atom is 0.305 e. The van der Waals surface area contributed by atoms with E-state index < -0.39 is 12.1 Å². The maximum atomic E-state index is 12.5. The Bertz CT molecular complexity index is 1090. The molecule has 3 N–H and O–H groups in total. The highest BCUT2D eigenvalue weighted by Gasteiger charge is 2.18. The van der Waals surface area contributed by atoms with Crippen LogP contribution in [0.2, 0.25) is 0 Å². The number of unbranched alkanes of at least 4 members (excludes halogenated alkanes) is 46. The fraction of sp³-hybridized carbons (Fsp3) is 0.906. The molecule has 0 aromatic rings. The van der Waals surface area contributed by atoms with Gasteiger partial charge in [-0.3, -0.25) is 9.59 Å². The first-order valence-electron chi connectivity index (χ1n) is 31.6. The standard InChI is InChI=1S/C64H123NO5/c1-3-5-7-9-11-13-15-17-19-25-29-32-36-40-44-48-52-56-62(67)61(60-66)65-63(68)57-53-49-45-41-37-33-30-26-23-21-20-22-24-27-31-35-39-43-47-51-55-59-70-64(69)58-54-50-46-42-38-34-28-18-16-14-12-10-8-6-4-2/h21,23,52,56,61-62,66-67H,3-20,22,24-51,53-55,57-60H2,1-2H3,(H,65,68)/b23-21-,56-52+. The van der Waals surface area contributed by atoms with Gasteiger partial charge in [0.15, 0.2) is 0 Å². The first kappa shape index (κ1) is 68.3. The van der Waals surface area contributed by atoms with Crippen LogP contribution in [0.25, 0.3) is 0 Å². The van der Waals surface area contributed by atoms with Crippen molar-refractivity contribution in [1.82, 2.24) is 5.32 Å². The van der Waals surface area contributed by atoms with Gasteiger partial charge in [0, 0.05) is 12.8 Å². The van der Waals surface area contributed by atoms with Gasteiger partial charge >= 0.3 is 5.97 Å². The van der Waals surface area contributed by atoms with E-state index in [0.717, 1.165) is 44.9 Å². The SMILES string of the molecule is CCCCCCCCCCCCCCCCC/C=C/C(O)C(CO)NC(=O)CCCCCCCCC/C=C\CCCCCCCCCCCCOC(=O)CCCCCCCCCCCCCCCCC. The highest BCUT2D eigenvalue weighted by Crippen LogP contribution is 2.17. The molecular formula is C64H123NO5. The van der Waals surface area contributed by atoms with Crippen LogP contribution in [0.5, 0.6) is 0 Å². The molecule has 0 radical (unpaired) electrons. The second kappa shape index (κ2) is 59.9. The highest BCUT2D eigenvalue weighted by molar-refractivity contribution is 5.76. The zero-order valence-corrected chi connectivity index (χ0v) is 47.3. The Morgan fingerprint density at radius 3 is 1.01 bits per heavy atom. The first-order chi connectivity index (χ1) is 34.5. The molecule has 2 atom stereocenters. The van der Waals surface area contributed by atoms with Crippen molar-refractivity contribution < 1.29 is 24.5 Å². The third kappa shape index (κ3) is 55.7. The van der Waals surface area contributed by atoms with Crippen molar-refractivity contribution in [3.8, 4) is 0 Å². The molecule has 0 aliphatic heterocycles. The summed E-state index contributed by atoms with van der Waals surface area (Å²) in [6, 6.07) is -0.633. The summed E-state index contributed by atoms with van der Waals surface area (Å²) >= 11 is 0. The number of aliphatic hydroxyl groups is 2. The average molecular weight is 987 g/mol. The molecule has 0 aromatic heterocycles. The van der Waals surface area contributed by atoms with Gasteiger partial charge in [-0.1, -0.05) is 301 Å². The number of nitrogens with one attached hydrogen (secondary N) is 1. The van der Waals surface area contributed by atoms with E-state index in [1.807, 2.05) is 6.08 Å². The summed E-state index contributed by atoms with van der Waals surface area (Å²) < 4.78 is 5.49. The Kier molecular flexibility index (Phi) is 58.5. The Labute approximate surface area is 437 Å². The normalized spacial score (nSPS) is 12.7. The van der Waals surface area contributed by atoms with E-state index >= 15 is 0 Å². The third-order valence-electron chi connectivity index (χ3n) is 14.7. The van der Waals surface area contributed by atoms with E-state index in [-0.39, 0.29) is 18.5 Å². The molecule has 0 bridgehead atoms. The Balaban J connectivity index is 3.44. The largest absolute Gasteiger partial charge is 0.466 e. The molecule has 1 amide bonds. The molecule has 6 heteroatoms. The van der Waals surface area contributed by atoms with E-state index in [2.05, 4.69) is 31.3 Å². The minimum atomic E-state index is -0.849. The second-order valence-electron chi connectivity index (χ2n) is 21.7. The lowest BCUT2D eigenvalue weighted by atomic mass is 10.0. The minimum absolute atomic E-state index is 0.0109. The van der Waals surface area contributed by atoms with Crippen LogP contribution >= 0.6 is 0 Å². The van der Waals surface area contributed by atoms with Crippen molar-refractivity contribution in [2.45, 2.75) is 360 Å². The average Bonchev–Trinajstić information content (AvgIpc) is 3.36. The van der Waals surface area contributed by atoms with Crippen LogP contribution in [0.4, 0.5) is 0 Å². The Morgan fingerprint density at radius 2 is 0.671 bits per heavy atom. The highest BCUT2D eigenvalue weighted by atomic mass is 16.5. The molecule has 414 valence electrons. The number of hydrogen-bond donors (Lipinski definition) is 3. The number of carbonyl (C=O) groups is 2. The number of allylic oxidation sites excluding steroid dienone is 3. The maximum absolute atomic E-state index is 12.5. The molecule has 0 aromatic carbocycles. The first-order valence-corrected chi connectivity index (χ1v) is 31.6. The molecule has 0 spiro atoms. The van der Waals surface area contributed by atoms with E-state index in [1.54, 1.807) is 6.08 Å². The Morgan fingerprint density at radius 1 is 0.386 bits per heavy atom. The lowest BCUT2D eigenvalue weighted by molar-refractivity contribution is -0.143. The zero-order chi connectivity index (χ0) is 50.7. The summed E-state index contributed by atoms with van der Waals surface area (Å²) in [6.07, 6.45) is 73.6. The number of aliphatic hydroxyl groups excluding tert-OH is 2. The lowest BCUT2D eigenvalue weighted by Gasteiger charge is -2.20. The van der Waals surface area contributed by atoms with Crippen LogP contribution < -0.4 is 5.32 Å². The quantitative estimate of drug-likeness (QED) is 0.0321. The van der Waals surface area contributed by atoms with Crippen LogP contribution in [0.1, 0.15) is 348 Å². The van der Waals surface area contributed by atoms with Gasteiger partial charge in [-0.25, -0.2) is 0 Å². The second-order valence-corrected chi connectivity index (χ2v) is 21.7. The van der Waals surface area contributed by atoms with Crippen molar-refractivity contribution >= 4 is 11.9 Å². The van der Waals surface area contributed by atoms with Crippen molar-refractivity contribution in [2.24, 2.45) is 0 Å². The summed E-state index contributed by atoms with van der Waals surface area (Å²) in [7, 11) is 0. The van der Waals surface area contributed by atoms with Crippen LogP contribution in [-0.4, -0.2) is 47.4 Å². The van der Waals surface area contributed by atoms with E-state index in [4.69, 9.17) is 4.74 Å². The van der Waals surface area contributed by atoms with Gasteiger partial charge in [0.1, 0.15) is 0 Å². The van der Waals surface area contributed by atoms with E-state index in [1.165, 1.54) is 276 Å². The summed E-state index contributed by atoms with van der Waals surface area (Å²) in [4.78, 5) is 24.5. The predicted molar refractivity (Wildman–Crippen MR) is 306 cm³/mol. The molecule has 6 nitrogen and oxygen atoms in total. The fourth-order valence-corrected chi connectivity index (χ4v) is 9.87. The zero-order valence-electron chi connectivity index (χ0n) is 47.3. The summed E-state index contributed by atoms with van der Waals surface area (Å²) in [5, 5.41) is 23.2. The summed E-state index contributed by atoms with van der Waals surface area (Å²) in [5.74, 6) is -0.0625. The molecule has 0 heterocycles. The van der Waals surface area contributed by atoms with Crippen molar-refractivity contribution in [2.75, 3.05) is 13.2 Å². The van der Waals surface area contributed by atoms with Crippen molar-refractivity contribution in [3.05, 3.63) is 24.3 Å². The molecule has 70 heavy (non-hydrogen) atoms. The van der Waals surface area contributed by atoms with Gasteiger partial charge in [-0.05, 0) is 57.8 Å². The number of esters is 1. The third-order valence-corrected chi connectivity index (χ3v) is 14.7. The molecule has 0 saturated carbocycles. The molecule has 0 aliphatic carbocycles.